The van der Waals surface area contributed by atoms with Crippen LogP contribution in [0.3, 0.4) is 0 Å². The summed E-state index contributed by atoms with van der Waals surface area (Å²) in [5.74, 6) is -0.835. The molecule has 1 aliphatic heterocycles. The van der Waals surface area contributed by atoms with Gasteiger partial charge in [-0.1, -0.05) is 30.4 Å². The number of hydrogen-bond donors (Lipinski definition) is 0. The van der Waals surface area contributed by atoms with E-state index in [1.54, 1.807) is 24.0 Å². The molecule has 0 atom stereocenters. The van der Waals surface area contributed by atoms with Crippen molar-refractivity contribution in [3.05, 3.63) is 42.0 Å². The predicted molar refractivity (Wildman–Crippen MR) is 80.6 cm³/mol. The zero-order valence-corrected chi connectivity index (χ0v) is 12.4. The number of nitrogens with zero attached hydrogens (tertiary/aromatic N) is 1. The van der Waals surface area contributed by atoms with Crippen molar-refractivity contribution in [3.63, 3.8) is 0 Å². The summed E-state index contributed by atoms with van der Waals surface area (Å²) in [7, 11) is -3.37. The van der Waals surface area contributed by atoms with E-state index in [1.165, 1.54) is 0 Å². The Morgan fingerprint density at radius 3 is 2.85 bits per heavy atom. The fraction of sp³-hybridized carbons (Fsp3) is 0.400. The average molecular weight is 293 g/mol. The van der Waals surface area contributed by atoms with Gasteiger partial charge in [0.2, 0.25) is 5.91 Å². The number of anilines is 1. The molecule has 0 fully saturated rings. The second kappa shape index (κ2) is 6.22. The van der Waals surface area contributed by atoms with Gasteiger partial charge in [-0.05, 0) is 31.4 Å². The smallest absolute Gasteiger partial charge is 0.242 e. The lowest BCUT2D eigenvalue weighted by atomic mass is 10.0. The minimum Gasteiger partial charge on any atom is -0.311 e. The molecule has 5 heteroatoms. The summed E-state index contributed by atoms with van der Waals surface area (Å²) in [6.45, 7) is 2.35. The summed E-state index contributed by atoms with van der Waals surface area (Å²) in [6.07, 6.45) is 5.05. The number of benzene rings is 1. The van der Waals surface area contributed by atoms with E-state index in [4.69, 9.17) is 0 Å². The lowest BCUT2D eigenvalue weighted by molar-refractivity contribution is -0.116. The number of rotatable bonds is 4. The van der Waals surface area contributed by atoms with Crippen LogP contribution < -0.4 is 4.90 Å². The topological polar surface area (TPSA) is 54.5 Å². The molecule has 1 aliphatic rings. The van der Waals surface area contributed by atoms with Gasteiger partial charge in [0.05, 0.1) is 5.75 Å². The number of allylic oxidation sites excluding steroid dienone is 1. The summed E-state index contributed by atoms with van der Waals surface area (Å²) in [5, 5.41) is 0. The summed E-state index contributed by atoms with van der Waals surface area (Å²) in [6, 6.07) is 7.68. The fourth-order valence-corrected chi connectivity index (χ4v) is 3.50. The van der Waals surface area contributed by atoms with Crippen molar-refractivity contribution < 1.29 is 13.2 Å². The average Bonchev–Trinajstić information content (AvgIpc) is 2.44. The lowest BCUT2D eigenvalue weighted by Gasteiger charge is -2.29. The zero-order chi connectivity index (χ0) is 14.6. The maximum absolute atomic E-state index is 12.3. The third-order valence-corrected chi connectivity index (χ3v) is 4.73. The molecule has 108 valence electrons. The minimum atomic E-state index is -3.37. The largest absolute Gasteiger partial charge is 0.311 e. The van der Waals surface area contributed by atoms with Crippen molar-refractivity contribution in [2.75, 3.05) is 23.0 Å². The highest BCUT2D eigenvalue weighted by Gasteiger charge is 2.25. The van der Waals surface area contributed by atoms with Gasteiger partial charge in [0.15, 0.2) is 9.84 Å². The Bertz CT molecular complexity index is 620. The minimum absolute atomic E-state index is 0.0786. The van der Waals surface area contributed by atoms with E-state index >= 15 is 0 Å². The number of para-hydroxylation sites is 1. The first kappa shape index (κ1) is 14.8. The van der Waals surface area contributed by atoms with Crippen molar-refractivity contribution in [2.45, 2.75) is 19.8 Å². The first-order chi connectivity index (χ1) is 9.53. The Balaban J connectivity index is 2.15. The van der Waals surface area contributed by atoms with Gasteiger partial charge in [0.25, 0.3) is 0 Å². The maximum atomic E-state index is 12.3. The van der Waals surface area contributed by atoms with E-state index in [-0.39, 0.29) is 11.7 Å². The SMILES string of the molecule is CC=CCS(=O)(=O)CC(=O)N1CCCc2ccccc21. The van der Waals surface area contributed by atoms with E-state index in [2.05, 4.69) is 0 Å². The molecule has 4 nitrogen and oxygen atoms in total. The van der Waals surface area contributed by atoms with Crippen LogP contribution in [0.15, 0.2) is 36.4 Å². The van der Waals surface area contributed by atoms with Crippen LogP contribution in [-0.2, 0) is 21.1 Å². The van der Waals surface area contributed by atoms with Crippen LogP contribution in [0.5, 0.6) is 0 Å². The number of hydrogen-bond acceptors (Lipinski definition) is 3. The number of sulfone groups is 1. The molecule has 0 bridgehead atoms. The monoisotopic (exact) mass is 293 g/mol. The highest BCUT2D eigenvalue weighted by atomic mass is 32.2. The molecule has 0 aromatic heterocycles. The van der Waals surface area contributed by atoms with Gasteiger partial charge in [0, 0.05) is 12.2 Å². The standard InChI is InChI=1S/C15H19NO3S/c1-2-3-11-20(18,19)12-15(17)16-10-6-8-13-7-4-5-9-14(13)16/h2-5,7,9H,6,8,10-12H2,1H3. The molecule has 0 N–H and O–H groups in total. The molecule has 1 amide bonds. The number of aryl methyl sites for hydroxylation is 1. The summed E-state index contributed by atoms with van der Waals surface area (Å²) < 4.78 is 23.7. The van der Waals surface area contributed by atoms with Gasteiger partial charge < -0.3 is 4.90 Å². The fourth-order valence-electron chi connectivity index (χ4n) is 2.36. The van der Waals surface area contributed by atoms with Gasteiger partial charge in [-0.15, -0.1) is 0 Å². The molecule has 0 spiro atoms. The van der Waals surface area contributed by atoms with Crippen molar-refractivity contribution in [2.24, 2.45) is 0 Å². The van der Waals surface area contributed by atoms with Crippen LogP contribution in [0.25, 0.3) is 0 Å². The quantitative estimate of drug-likeness (QED) is 0.797. The molecular weight excluding hydrogens is 274 g/mol. The third-order valence-electron chi connectivity index (χ3n) is 3.34. The Kier molecular flexibility index (Phi) is 4.60. The van der Waals surface area contributed by atoms with E-state index in [9.17, 15) is 13.2 Å². The molecule has 1 heterocycles. The van der Waals surface area contributed by atoms with Crippen molar-refractivity contribution in [1.29, 1.82) is 0 Å². The summed E-state index contributed by atoms with van der Waals surface area (Å²) in [5.41, 5.74) is 1.96. The van der Waals surface area contributed by atoms with Gasteiger partial charge in [-0.3, -0.25) is 4.79 Å². The molecule has 0 saturated heterocycles. The third kappa shape index (κ3) is 3.48. The Morgan fingerprint density at radius 2 is 2.10 bits per heavy atom. The van der Waals surface area contributed by atoms with Crippen LogP contribution in [0.4, 0.5) is 5.69 Å². The second-order valence-corrected chi connectivity index (χ2v) is 7.01. The molecular formula is C15H19NO3S. The highest BCUT2D eigenvalue weighted by molar-refractivity contribution is 7.92. The van der Waals surface area contributed by atoms with E-state index < -0.39 is 15.6 Å². The summed E-state index contributed by atoms with van der Waals surface area (Å²) in [4.78, 5) is 13.9. The molecule has 1 aromatic rings. The lowest BCUT2D eigenvalue weighted by Crippen LogP contribution is -2.39. The normalized spacial score (nSPS) is 15.3. The van der Waals surface area contributed by atoms with Crippen LogP contribution in [0.2, 0.25) is 0 Å². The van der Waals surface area contributed by atoms with Gasteiger partial charge in [-0.25, -0.2) is 8.42 Å². The molecule has 20 heavy (non-hydrogen) atoms. The molecule has 0 aliphatic carbocycles. The molecule has 0 saturated carbocycles. The van der Waals surface area contributed by atoms with Gasteiger partial charge >= 0.3 is 0 Å². The van der Waals surface area contributed by atoms with E-state index in [0.717, 1.165) is 24.1 Å². The van der Waals surface area contributed by atoms with Crippen molar-refractivity contribution >= 4 is 21.4 Å². The second-order valence-electron chi connectivity index (χ2n) is 4.90. The number of carbonyl (C=O) groups is 1. The Labute approximate surface area is 120 Å². The molecule has 2 rings (SSSR count). The van der Waals surface area contributed by atoms with E-state index in [1.807, 2.05) is 24.3 Å². The maximum Gasteiger partial charge on any atom is 0.242 e. The van der Waals surface area contributed by atoms with Crippen LogP contribution >= 0.6 is 0 Å². The van der Waals surface area contributed by atoms with Gasteiger partial charge in [0.1, 0.15) is 5.75 Å². The highest BCUT2D eigenvalue weighted by Crippen LogP contribution is 2.26. The first-order valence-corrected chi connectivity index (χ1v) is 8.55. The molecule has 1 aromatic carbocycles. The predicted octanol–water partition coefficient (Wildman–Crippen LogP) is 1.96. The van der Waals surface area contributed by atoms with Crippen LogP contribution in [0.1, 0.15) is 18.9 Å². The Hall–Kier alpha value is -1.62. The summed E-state index contributed by atoms with van der Waals surface area (Å²) >= 11 is 0. The zero-order valence-electron chi connectivity index (χ0n) is 11.6. The number of amides is 1. The Morgan fingerprint density at radius 1 is 1.35 bits per heavy atom. The molecule has 0 unspecified atom stereocenters. The first-order valence-electron chi connectivity index (χ1n) is 6.73. The molecule has 0 radical (unpaired) electrons. The number of fused-ring (bicyclic) bond motifs is 1. The van der Waals surface area contributed by atoms with Crippen molar-refractivity contribution in [1.82, 2.24) is 0 Å². The number of carbonyl (C=O) groups excluding carboxylic acids is 1. The van der Waals surface area contributed by atoms with Crippen molar-refractivity contribution in [3.8, 4) is 0 Å². The van der Waals surface area contributed by atoms with E-state index in [0.29, 0.717) is 6.54 Å². The van der Waals surface area contributed by atoms with Crippen LogP contribution in [-0.4, -0.2) is 32.4 Å². The van der Waals surface area contributed by atoms with Crippen LogP contribution in [0, 0.1) is 0 Å². The van der Waals surface area contributed by atoms with Gasteiger partial charge in [-0.2, -0.15) is 0 Å².